The van der Waals surface area contributed by atoms with Crippen LogP contribution in [0.5, 0.6) is 11.5 Å². The number of carboxylic acid groups (broad SMARTS) is 1. The molecular weight excluding hydrogens is 410 g/mol. The summed E-state index contributed by atoms with van der Waals surface area (Å²) in [5, 5.41) is 10.2. The highest BCUT2D eigenvalue weighted by atomic mass is 79.9. The molecule has 25 heavy (non-hydrogen) atoms. The Hall–Kier alpha value is -2.05. The summed E-state index contributed by atoms with van der Waals surface area (Å²) in [6.45, 7) is 0. The number of hydrogen-bond donors (Lipinski definition) is 1. The average Bonchev–Trinajstić information content (AvgIpc) is 2.69. The lowest BCUT2D eigenvalue weighted by Crippen LogP contribution is -2.45. The second kappa shape index (κ2) is 6.04. The molecule has 2 aromatic rings. The number of carboxylic acids is 1. The molecule has 2 atom stereocenters. The highest BCUT2D eigenvalue weighted by Gasteiger charge is 2.45. The van der Waals surface area contributed by atoms with Crippen molar-refractivity contribution >= 4 is 45.1 Å². The van der Waals surface area contributed by atoms with Gasteiger partial charge in [-0.1, -0.05) is 33.6 Å². The molecule has 0 bridgehead atoms. The van der Waals surface area contributed by atoms with Crippen molar-refractivity contribution in [3.8, 4) is 11.5 Å². The van der Waals surface area contributed by atoms with Crippen LogP contribution in [0.1, 0.15) is 24.4 Å². The molecule has 2 heterocycles. The number of amides is 1. The van der Waals surface area contributed by atoms with Gasteiger partial charge in [-0.25, -0.2) is 0 Å². The maximum absolute atomic E-state index is 12.7. The van der Waals surface area contributed by atoms with Gasteiger partial charge in [0, 0.05) is 21.5 Å². The van der Waals surface area contributed by atoms with Crippen LogP contribution >= 0.6 is 27.5 Å². The molecule has 0 unspecified atom stereocenters. The van der Waals surface area contributed by atoms with Gasteiger partial charge in [0.15, 0.2) is 5.75 Å². The largest absolute Gasteiger partial charge is 0.481 e. The molecule has 7 heteroatoms. The number of carbonyl (C=O) groups excluding carboxylic acids is 1. The van der Waals surface area contributed by atoms with E-state index in [9.17, 15) is 14.7 Å². The van der Waals surface area contributed by atoms with Crippen molar-refractivity contribution in [2.75, 3.05) is 4.90 Å². The van der Waals surface area contributed by atoms with E-state index in [0.29, 0.717) is 34.2 Å². The minimum Gasteiger partial charge on any atom is -0.481 e. The maximum Gasteiger partial charge on any atom is 0.308 e. The van der Waals surface area contributed by atoms with E-state index in [0.717, 1.165) is 4.47 Å². The Kier molecular flexibility index (Phi) is 3.96. The minimum atomic E-state index is -0.929. The van der Waals surface area contributed by atoms with Crippen LogP contribution in [-0.2, 0) is 9.59 Å². The molecule has 1 fully saturated rings. The molecule has 0 aliphatic carbocycles. The SMILES string of the molecule is O=C(O)[C@H]1CCC(=O)N2c3cc(Cl)ccc3Oc3cc(Br)ccc3[C@@H]12. The number of nitrogens with zero attached hydrogens (tertiary/aromatic N) is 1. The number of carbonyl (C=O) groups is 2. The van der Waals surface area contributed by atoms with Crippen LogP contribution in [0.3, 0.4) is 0 Å². The zero-order valence-electron chi connectivity index (χ0n) is 12.9. The van der Waals surface area contributed by atoms with Gasteiger partial charge in [0.05, 0.1) is 17.6 Å². The van der Waals surface area contributed by atoms with Gasteiger partial charge in [0.1, 0.15) is 5.75 Å². The van der Waals surface area contributed by atoms with Gasteiger partial charge in [0.2, 0.25) is 5.91 Å². The molecule has 2 aromatic carbocycles. The standard InChI is InChI=1S/C18H13BrClNO4/c19-9-1-3-11-15(7-9)25-14-5-2-10(20)8-13(14)21-16(22)6-4-12(17(11)21)18(23)24/h1-3,5,7-8,12,17H,4,6H2,(H,23,24)/t12-,17-/m0/s1. The summed E-state index contributed by atoms with van der Waals surface area (Å²) in [6.07, 6.45) is 0.464. The molecule has 1 saturated heterocycles. The maximum atomic E-state index is 12.7. The monoisotopic (exact) mass is 421 g/mol. The number of rotatable bonds is 1. The molecular formula is C18H13BrClNO4. The number of benzene rings is 2. The van der Waals surface area contributed by atoms with Crippen LogP contribution in [0.15, 0.2) is 40.9 Å². The van der Waals surface area contributed by atoms with Gasteiger partial charge < -0.3 is 14.7 Å². The molecule has 0 aromatic heterocycles. The Morgan fingerprint density at radius 3 is 2.80 bits per heavy atom. The van der Waals surface area contributed by atoms with Crippen LogP contribution in [0.2, 0.25) is 5.02 Å². The minimum absolute atomic E-state index is 0.134. The van der Waals surface area contributed by atoms with Gasteiger partial charge in [-0.2, -0.15) is 0 Å². The fourth-order valence-electron chi connectivity index (χ4n) is 3.52. The van der Waals surface area contributed by atoms with Crippen LogP contribution in [-0.4, -0.2) is 17.0 Å². The lowest BCUT2D eigenvalue weighted by atomic mass is 9.83. The first-order chi connectivity index (χ1) is 12.0. The third-order valence-corrected chi connectivity index (χ3v) is 5.34. The number of hydrogen-bond acceptors (Lipinski definition) is 3. The number of ether oxygens (including phenoxy) is 1. The Morgan fingerprint density at radius 1 is 1.24 bits per heavy atom. The molecule has 4 rings (SSSR count). The van der Waals surface area contributed by atoms with Gasteiger partial charge in [0.25, 0.3) is 0 Å². The van der Waals surface area contributed by atoms with Crippen molar-refractivity contribution in [1.82, 2.24) is 0 Å². The average molecular weight is 423 g/mol. The second-order valence-electron chi connectivity index (χ2n) is 6.09. The third kappa shape index (κ3) is 2.69. The first-order valence-electron chi connectivity index (χ1n) is 7.77. The number of anilines is 1. The number of aliphatic carboxylic acids is 1. The van der Waals surface area contributed by atoms with Crippen molar-refractivity contribution in [3.05, 3.63) is 51.5 Å². The van der Waals surface area contributed by atoms with Crippen molar-refractivity contribution < 1.29 is 19.4 Å². The number of fused-ring (bicyclic) bond motifs is 5. The quantitative estimate of drug-likeness (QED) is 0.718. The molecule has 2 aliphatic heterocycles. The summed E-state index contributed by atoms with van der Waals surface area (Å²) in [7, 11) is 0. The lowest BCUT2D eigenvalue weighted by Gasteiger charge is -2.38. The van der Waals surface area contributed by atoms with E-state index in [1.54, 1.807) is 30.3 Å². The van der Waals surface area contributed by atoms with Crippen molar-refractivity contribution in [3.63, 3.8) is 0 Å². The summed E-state index contributed by atoms with van der Waals surface area (Å²) in [5.41, 5.74) is 1.18. The Bertz CT molecular complexity index is 901. The zero-order valence-corrected chi connectivity index (χ0v) is 15.3. The van der Waals surface area contributed by atoms with E-state index >= 15 is 0 Å². The highest BCUT2D eigenvalue weighted by Crippen LogP contribution is 2.50. The van der Waals surface area contributed by atoms with E-state index in [1.165, 1.54) is 4.90 Å². The lowest BCUT2D eigenvalue weighted by molar-refractivity contribution is -0.144. The summed E-state index contributed by atoms with van der Waals surface area (Å²) >= 11 is 9.54. The Balaban J connectivity index is 2.00. The van der Waals surface area contributed by atoms with Crippen LogP contribution < -0.4 is 9.64 Å². The molecule has 0 spiro atoms. The van der Waals surface area contributed by atoms with Crippen molar-refractivity contribution in [1.29, 1.82) is 0 Å². The Morgan fingerprint density at radius 2 is 2.04 bits per heavy atom. The second-order valence-corrected chi connectivity index (χ2v) is 7.44. The van der Waals surface area contributed by atoms with E-state index in [2.05, 4.69) is 15.9 Å². The predicted molar refractivity (Wildman–Crippen MR) is 96.3 cm³/mol. The first-order valence-corrected chi connectivity index (χ1v) is 8.94. The van der Waals surface area contributed by atoms with Gasteiger partial charge >= 0.3 is 5.97 Å². The first kappa shape index (κ1) is 16.4. The fraction of sp³-hybridized carbons (Fsp3) is 0.222. The predicted octanol–water partition coefficient (Wildman–Crippen LogP) is 4.78. The molecule has 2 aliphatic rings. The van der Waals surface area contributed by atoms with Crippen LogP contribution in [0.25, 0.3) is 0 Å². The van der Waals surface area contributed by atoms with Gasteiger partial charge in [-0.05, 0) is 36.8 Å². The fourth-order valence-corrected chi connectivity index (χ4v) is 4.02. The van der Waals surface area contributed by atoms with E-state index in [4.69, 9.17) is 16.3 Å². The normalized spacial score (nSPS) is 21.5. The van der Waals surface area contributed by atoms with Gasteiger partial charge in [-0.15, -0.1) is 0 Å². The smallest absolute Gasteiger partial charge is 0.308 e. The molecule has 0 radical (unpaired) electrons. The molecule has 0 saturated carbocycles. The third-order valence-electron chi connectivity index (χ3n) is 4.61. The van der Waals surface area contributed by atoms with Crippen molar-refractivity contribution in [2.45, 2.75) is 18.9 Å². The van der Waals surface area contributed by atoms with Crippen LogP contribution in [0, 0.1) is 5.92 Å². The molecule has 5 nitrogen and oxygen atoms in total. The van der Waals surface area contributed by atoms with E-state index < -0.39 is 17.9 Å². The summed E-state index contributed by atoms with van der Waals surface area (Å²) in [6, 6.07) is 9.80. The molecule has 1 N–H and O–H groups in total. The van der Waals surface area contributed by atoms with Crippen LogP contribution in [0.4, 0.5) is 5.69 Å². The topological polar surface area (TPSA) is 66.8 Å². The van der Waals surface area contributed by atoms with E-state index in [1.807, 2.05) is 6.07 Å². The summed E-state index contributed by atoms with van der Waals surface area (Å²) < 4.78 is 6.84. The summed E-state index contributed by atoms with van der Waals surface area (Å²) in [5.74, 6) is -0.768. The Labute approximate surface area is 157 Å². The zero-order chi connectivity index (χ0) is 17.7. The van der Waals surface area contributed by atoms with E-state index in [-0.39, 0.29) is 12.3 Å². The highest BCUT2D eigenvalue weighted by molar-refractivity contribution is 9.10. The molecule has 128 valence electrons. The van der Waals surface area contributed by atoms with Crippen molar-refractivity contribution in [2.24, 2.45) is 5.92 Å². The summed E-state index contributed by atoms with van der Waals surface area (Å²) in [4.78, 5) is 26.1. The van der Waals surface area contributed by atoms with Gasteiger partial charge in [-0.3, -0.25) is 9.59 Å². The number of piperidine rings is 1. The number of halogens is 2. The molecule has 1 amide bonds.